The Labute approximate surface area is 123 Å². The SMILES string of the molecule is Cc1ccc(S(=O)(=O)N2CCCCC2C(=O)O)c(Cl)c1. The van der Waals surface area contributed by atoms with Gasteiger partial charge in [0.15, 0.2) is 0 Å². The molecule has 1 aromatic carbocycles. The Bertz CT molecular complexity index is 629. The molecule has 110 valence electrons. The number of piperidine rings is 1. The first-order valence-electron chi connectivity index (χ1n) is 6.35. The summed E-state index contributed by atoms with van der Waals surface area (Å²) in [4.78, 5) is 11.2. The molecule has 0 bridgehead atoms. The Kier molecular flexibility index (Phi) is 4.36. The molecular formula is C13H16ClNO4S. The minimum Gasteiger partial charge on any atom is -0.480 e. The molecule has 1 aliphatic heterocycles. The standard InChI is InChI=1S/C13H16ClNO4S/c1-9-5-6-12(10(14)8-9)20(18,19)15-7-3-2-4-11(15)13(16)17/h5-6,8,11H,2-4,7H2,1H3,(H,16,17). The average molecular weight is 318 g/mol. The smallest absolute Gasteiger partial charge is 0.322 e. The fraction of sp³-hybridized carbons (Fsp3) is 0.462. The minimum absolute atomic E-state index is 0.0297. The van der Waals surface area contributed by atoms with Crippen LogP contribution in [0, 0.1) is 6.92 Å². The number of hydrogen-bond acceptors (Lipinski definition) is 3. The Balaban J connectivity index is 2.45. The van der Waals surface area contributed by atoms with Crippen LogP contribution in [-0.4, -0.2) is 36.4 Å². The van der Waals surface area contributed by atoms with Gasteiger partial charge in [-0.3, -0.25) is 4.79 Å². The van der Waals surface area contributed by atoms with Crippen molar-refractivity contribution in [2.45, 2.75) is 37.1 Å². The number of hydrogen-bond donors (Lipinski definition) is 1. The normalized spacial score (nSPS) is 20.8. The summed E-state index contributed by atoms with van der Waals surface area (Å²) in [5.74, 6) is -1.11. The van der Waals surface area contributed by atoms with Gasteiger partial charge in [0.25, 0.3) is 0 Å². The number of halogens is 1. The Morgan fingerprint density at radius 2 is 2.10 bits per heavy atom. The van der Waals surface area contributed by atoms with Gasteiger partial charge in [0.1, 0.15) is 10.9 Å². The molecule has 7 heteroatoms. The zero-order chi connectivity index (χ0) is 14.9. The van der Waals surface area contributed by atoms with Crippen LogP contribution in [0.1, 0.15) is 24.8 Å². The lowest BCUT2D eigenvalue weighted by Crippen LogP contribution is -2.47. The van der Waals surface area contributed by atoms with Gasteiger partial charge in [0.05, 0.1) is 5.02 Å². The van der Waals surface area contributed by atoms with Crippen molar-refractivity contribution >= 4 is 27.6 Å². The van der Waals surface area contributed by atoms with E-state index in [-0.39, 0.29) is 16.5 Å². The van der Waals surface area contributed by atoms with Gasteiger partial charge in [0.2, 0.25) is 10.0 Å². The molecule has 0 spiro atoms. The molecule has 5 nitrogen and oxygen atoms in total. The predicted molar refractivity (Wildman–Crippen MR) is 75.4 cm³/mol. The van der Waals surface area contributed by atoms with E-state index in [2.05, 4.69) is 0 Å². The second-order valence-electron chi connectivity index (χ2n) is 4.90. The minimum atomic E-state index is -3.88. The van der Waals surface area contributed by atoms with Crippen LogP contribution in [0.4, 0.5) is 0 Å². The highest BCUT2D eigenvalue weighted by atomic mass is 35.5. The molecule has 2 rings (SSSR count). The summed E-state index contributed by atoms with van der Waals surface area (Å²) in [5.41, 5.74) is 0.849. The fourth-order valence-electron chi connectivity index (χ4n) is 2.38. The van der Waals surface area contributed by atoms with Gasteiger partial charge in [0, 0.05) is 6.54 Å². The predicted octanol–water partition coefficient (Wildman–Crippen LogP) is 2.28. The molecular weight excluding hydrogens is 302 g/mol. The highest BCUT2D eigenvalue weighted by molar-refractivity contribution is 7.89. The number of carboxylic acids is 1. The third-order valence-electron chi connectivity index (χ3n) is 3.41. The number of aryl methyl sites for hydroxylation is 1. The summed E-state index contributed by atoms with van der Waals surface area (Å²) in [6, 6.07) is 3.64. The van der Waals surface area contributed by atoms with Gasteiger partial charge in [-0.15, -0.1) is 0 Å². The molecule has 0 radical (unpaired) electrons. The van der Waals surface area contributed by atoms with Crippen molar-refractivity contribution in [3.63, 3.8) is 0 Å². The largest absolute Gasteiger partial charge is 0.480 e. The lowest BCUT2D eigenvalue weighted by Gasteiger charge is -2.32. The van der Waals surface area contributed by atoms with Crippen LogP contribution in [-0.2, 0) is 14.8 Å². The number of rotatable bonds is 3. The van der Waals surface area contributed by atoms with E-state index >= 15 is 0 Å². The molecule has 1 aromatic rings. The molecule has 1 fully saturated rings. The van der Waals surface area contributed by atoms with Crippen LogP contribution in [0.5, 0.6) is 0 Å². The lowest BCUT2D eigenvalue weighted by atomic mass is 10.1. The number of carbonyl (C=O) groups is 1. The maximum atomic E-state index is 12.6. The van der Waals surface area contributed by atoms with Gasteiger partial charge < -0.3 is 5.11 Å². The zero-order valence-electron chi connectivity index (χ0n) is 11.0. The maximum Gasteiger partial charge on any atom is 0.322 e. The van der Waals surface area contributed by atoms with E-state index in [0.29, 0.717) is 19.3 Å². The van der Waals surface area contributed by atoms with Crippen LogP contribution in [0.25, 0.3) is 0 Å². The molecule has 0 aromatic heterocycles. The van der Waals surface area contributed by atoms with Crippen molar-refractivity contribution < 1.29 is 18.3 Å². The quantitative estimate of drug-likeness (QED) is 0.928. The first-order valence-corrected chi connectivity index (χ1v) is 8.16. The highest BCUT2D eigenvalue weighted by Gasteiger charge is 2.38. The zero-order valence-corrected chi connectivity index (χ0v) is 12.6. The first-order chi connectivity index (χ1) is 9.34. The number of benzene rings is 1. The molecule has 1 N–H and O–H groups in total. The molecule has 0 aliphatic carbocycles. The summed E-state index contributed by atoms with van der Waals surface area (Å²) in [7, 11) is -3.88. The van der Waals surface area contributed by atoms with E-state index in [1.807, 2.05) is 6.92 Å². The van der Waals surface area contributed by atoms with Crippen molar-refractivity contribution in [2.75, 3.05) is 6.54 Å². The maximum absolute atomic E-state index is 12.6. The van der Waals surface area contributed by atoms with Gasteiger partial charge in [-0.05, 0) is 43.9 Å². The number of aliphatic carboxylic acids is 1. The number of nitrogens with zero attached hydrogens (tertiary/aromatic N) is 1. The van der Waals surface area contributed by atoms with E-state index in [9.17, 15) is 18.3 Å². The Morgan fingerprint density at radius 3 is 2.70 bits per heavy atom. The van der Waals surface area contributed by atoms with Crippen LogP contribution in [0.2, 0.25) is 5.02 Å². The van der Waals surface area contributed by atoms with Gasteiger partial charge in [-0.2, -0.15) is 4.31 Å². The lowest BCUT2D eigenvalue weighted by molar-refractivity contribution is -0.142. The molecule has 0 amide bonds. The second kappa shape index (κ2) is 5.71. The van der Waals surface area contributed by atoms with Gasteiger partial charge >= 0.3 is 5.97 Å². The number of carboxylic acid groups (broad SMARTS) is 1. The Morgan fingerprint density at radius 1 is 1.40 bits per heavy atom. The van der Waals surface area contributed by atoms with Crippen LogP contribution in [0.3, 0.4) is 0 Å². The first kappa shape index (κ1) is 15.3. The van der Waals surface area contributed by atoms with Crippen molar-refractivity contribution in [3.8, 4) is 0 Å². The molecule has 1 aliphatic rings. The Hall–Kier alpha value is -1.11. The molecule has 1 unspecified atom stereocenters. The van der Waals surface area contributed by atoms with E-state index in [4.69, 9.17) is 11.6 Å². The summed E-state index contributed by atoms with van der Waals surface area (Å²) in [5, 5.41) is 9.32. The van der Waals surface area contributed by atoms with Crippen LogP contribution >= 0.6 is 11.6 Å². The van der Waals surface area contributed by atoms with Gasteiger partial charge in [-0.25, -0.2) is 8.42 Å². The van der Waals surface area contributed by atoms with E-state index in [0.717, 1.165) is 9.87 Å². The molecule has 1 saturated heterocycles. The highest BCUT2D eigenvalue weighted by Crippen LogP contribution is 2.30. The summed E-state index contributed by atoms with van der Waals surface area (Å²) < 4.78 is 26.3. The topological polar surface area (TPSA) is 74.7 Å². The van der Waals surface area contributed by atoms with E-state index in [1.165, 1.54) is 6.07 Å². The van der Waals surface area contributed by atoms with Crippen molar-refractivity contribution in [1.29, 1.82) is 0 Å². The van der Waals surface area contributed by atoms with E-state index < -0.39 is 22.0 Å². The monoisotopic (exact) mass is 317 g/mol. The summed E-state index contributed by atoms with van der Waals surface area (Å²) >= 11 is 6.01. The van der Waals surface area contributed by atoms with Crippen LogP contribution < -0.4 is 0 Å². The third-order valence-corrected chi connectivity index (χ3v) is 5.80. The van der Waals surface area contributed by atoms with Crippen molar-refractivity contribution in [3.05, 3.63) is 28.8 Å². The molecule has 0 saturated carbocycles. The van der Waals surface area contributed by atoms with Crippen molar-refractivity contribution in [2.24, 2.45) is 0 Å². The average Bonchev–Trinajstić information content (AvgIpc) is 2.38. The van der Waals surface area contributed by atoms with E-state index in [1.54, 1.807) is 12.1 Å². The number of sulfonamides is 1. The summed E-state index contributed by atoms with van der Waals surface area (Å²) in [6.45, 7) is 2.02. The second-order valence-corrected chi connectivity index (χ2v) is 7.17. The van der Waals surface area contributed by atoms with Crippen LogP contribution in [0.15, 0.2) is 23.1 Å². The third kappa shape index (κ3) is 2.82. The molecule has 1 heterocycles. The fourth-order valence-corrected chi connectivity index (χ4v) is 4.61. The van der Waals surface area contributed by atoms with Gasteiger partial charge in [-0.1, -0.05) is 17.7 Å². The van der Waals surface area contributed by atoms with Crippen molar-refractivity contribution in [1.82, 2.24) is 4.31 Å². The molecule has 20 heavy (non-hydrogen) atoms. The molecule has 1 atom stereocenters. The summed E-state index contributed by atoms with van der Waals surface area (Å²) in [6.07, 6.45) is 1.70.